The van der Waals surface area contributed by atoms with Gasteiger partial charge in [0.05, 0.1) is 4.88 Å². The molecule has 0 fully saturated rings. The van der Waals surface area contributed by atoms with Gasteiger partial charge in [-0.2, -0.15) is 0 Å². The maximum absolute atomic E-state index is 12.7. The van der Waals surface area contributed by atoms with E-state index < -0.39 is 5.91 Å². The standard InChI is InChI=1S/C15H12FN3O2S2/c16-11-6-3-10(4-7-11)5-8-13(20)17-15(22)19-18-14(21)12-2-1-9-23-12/h1-9H,(H,18,21)(H2,17,19,20,22)/b8-5+. The molecule has 2 amide bonds. The van der Waals surface area contributed by atoms with E-state index in [-0.39, 0.29) is 16.8 Å². The van der Waals surface area contributed by atoms with Crippen LogP contribution in [0, 0.1) is 5.82 Å². The van der Waals surface area contributed by atoms with Crippen LogP contribution in [0.5, 0.6) is 0 Å². The molecule has 0 atom stereocenters. The average Bonchev–Trinajstić information content (AvgIpc) is 3.06. The minimum atomic E-state index is -0.475. The van der Waals surface area contributed by atoms with Gasteiger partial charge < -0.3 is 0 Å². The van der Waals surface area contributed by atoms with Crippen molar-refractivity contribution in [2.45, 2.75) is 0 Å². The van der Waals surface area contributed by atoms with E-state index >= 15 is 0 Å². The molecular formula is C15H12FN3O2S2. The quantitative estimate of drug-likeness (QED) is 0.452. The molecule has 1 aromatic heterocycles. The lowest BCUT2D eigenvalue weighted by Gasteiger charge is -2.08. The summed E-state index contributed by atoms with van der Waals surface area (Å²) in [5, 5.41) is 4.11. The minimum absolute atomic E-state index is 0.0383. The van der Waals surface area contributed by atoms with Crippen LogP contribution in [0.25, 0.3) is 6.08 Å². The lowest BCUT2D eigenvalue weighted by atomic mass is 10.2. The first-order valence-electron chi connectivity index (χ1n) is 6.43. The number of hydrogen-bond acceptors (Lipinski definition) is 4. The van der Waals surface area contributed by atoms with Crippen molar-refractivity contribution < 1.29 is 14.0 Å². The minimum Gasteiger partial charge on any atom is -0.298 e. The summed E-state index contributed by atoms with van der Waals surface area (Å²) in [6.07, 6.45) is 2.77. The Bertz CT molecular complexity index is 728. The summed E-state index contributed by atoms with van der Waals surface area (Å²) >= 11 is 6.17. The van der Waals surface area contributed by atoms with Crippen molar-refractivity contribution in [3.8, 4) is 0 Å². The summed E-state index contributed by atoms with van der Waals surface area (Å²) in [5.41, 5.74) is 5.47. The molecule has 1 heterocycles. The van der Waals surface area contributed by atoms with Gasteiger partial charge in [-0.25, -0.2) is 4.39 Å². The van der Waals surface area contributed by atoms with Crippen molar-refractivity contribution in [1.29, 1.82) is 0 Å². The van der Waals surface area contributed by atoms with E-state index in [4.69, 9.17) is 12.2 Å². The molecule has 0 spiro atoms. The maximum Gasteiger partial charge on any atom is 0.279 e. The van der Waals surface area contributed by atoms with Gasteiger partial charge in [0, 0.05) is 6.08 Å². The fourth-order valence-electron chi connectivity index (χ4n) is 1.51. The number of amides is 2. The molecule has 0 radical (unpaired) electrons. The molecule has 5 nitrogen and oxygen atoms in total. The van der Waals surface area contributed by atoms with Crippen molar-refractivity contribution in [3.63, 3.8) is 0 Å². The number of carbonyl (C=O) groups excluding carboxylic acids is 2. The topological polar surface area (TPSA) is 70.2 Å². The first-order chi connectivity index (χ1) is 11.0. The van der Waals surface area contributed by atoms with Crippen LogP contribution in [0.2, 0.25) is 0 Å². The fraction of sp³-hybridized carbons (Fsp3) is 0. The van der Waals surface area contributed by atoms with Crippen LogP contribution >= 0.6 is 23.6 Å². The number of thiophene rings is 1. The zero-order chi connectivity index (χ0) is 16.7. The summed E-state index contributed by atoms with van der Waals surface area (Å²) in [6, 6.07) is 9.08. The Hall–Kier alpha value is -2.58. The summed E-state index contributed by atoms with van der Waals surface area (Å²) in [5.74, 6) is -1.17. The third kappa shape index (κ3) is 5.61. The number of nitrogens with one attached hydrogen (secondary N) is 3. The second kappa shape index (κ2) is 8.16. The van der Waals surface area contributed by atoms with E-state index in [1.807, 2.05) is 0 Å². The first-order valence-corrected chi connectivity index (χ1v) is 7.72. The van der Waals surface area contributed by atoms with Gasteiger partial charge in [-0.15, -0.1) is 11.3 Å². The van der Waals surface area contributed by atoms with Crippen LogP contribution in [-0.4, -0.2) is 16.9 Å². The van der Waals surface area contributed by atoms with Crippen LogP contribution in [0.4, 0.5) is 4.39 Å². The Morgan fingerprint density at radius 1 is 1.13 bits per heavy atom. The zero-order valence-electron chi connectivity index (χ0n) is 11.7. The summed E-state index contributed by atoms with van der Waals surface area (Å²) in [4.78, 5) is 23.8. The van der Waals surface area contributed by atoms with Crippen molar-refractivity contribution in [3.05, 3.63) is 64.1 Å². The van der Waals surface area contributed by atoms with Crippen LogP contribution in [0.1, 0.15) is 15.2 Å². The molecular weight excluding hydrogens is 337 g/mol. The van der Waals surface area contributed by atoms with E-state index in [1.165, 1.54) is 47.8 Å². The number of thiocarbonyl (C=S) groups is 1. The largest absolute Gasteiger partial charge is 0.298 e. The van der Waals surface area contributed by atoms with E-state index in [2.05, 4.69) is 16.2 Å². The first kappa shape index (κ1) is 16.8. The van der Waals surface area contributed by atoms with Crippen molar-refractivity contribution in [2.24, 2.45) is 0 Å². The molecule has 0 saturated carbocycles. The molecule has 23 heavy (non-hydrogen) atoms. The van der Waals surface area contributed by atoms with Gasteiger partial charge in [-0.1, -0.05) is 18.2 Å². The number of rotatable bonds is 3. The van der Waals surface area contributed by atoms with Gasteiger partial charge in [-0.05, 0) is 47.4 Å². The zero-order valence-corrected chi connectivity index (χ0v) is 13.3. The second-order valence-electron chi connectivity index (χ2n) is 4.26. The van der Waals surface area contributed by atoms with Crippen LogP contribution in [0.15, 0.2) is 47.9 Å². The molecule has 0 bridgehead atoms. The Labute approximate surface area is 141 Å². The number of carbonyl (C=O) groups is 2. The maximum atomic E-state index is 12.7. The number of hydrogen-bond donors (Lipinski definition) is 3. The molecule has 8 heteroatoms. The number of benzene rings is 1. The third-order valence-electron chi connectivity index (χ3n) is 2.57. The lowest BCUT2D eigenvalue weighted by Crippen LogP contribution is -2.48. The predicted molar refractivity (Wildman–Crippen MR) is 91.1 cm³/mol. The normalized spacial score (nSPS) is 10.3. The monoisotopic (exact) mass is 349 g/mol. The van der Waals surface area contributed by atoms with Crippen LogP contribution in [-0.2, 0) is 4.79 Å². The van der Waals surface area contributed by atoms with Gasteiger partial charge in [0.25, 0.3) is 5.91 Å². The Kier molecular flexibility index (Phi) is 5.95. The van der Waals surface area contributed by atoms with Gasteiger partial charge in [0.2, 0.25) is 5.91 Å². The number of halogens is 1. The summed E-state index contributed by atoms with van der Waals surface area (Å²) in [6.45, 7) is 0. The third-order valence-corrected chi connectivity index (χ3v) is 3.64. The summed E-state index contributed by atoms with van der Waals surface area (Å²) < 4.78 is 12.7. The van der Waals surface area contributed by atoms with Crippen LogP contribution in [0.3, 0.4) is 0 Å². The van der Waals surface area contributed by atoms with Crippen LogP contribution < -0.4 is 16.2 Å². The van der Waals surface area contributed by atoms with Crippen molar-refractivity contribution in [2.75, 3.05) is 0 Å². The van der Waals surface area contributed by atoms with E-state index in [0.29, 0.717) is 10.4 Å². The highest BCUT2D eigenvalue weighted by atomic mass is 32.1. The molecule has 118 valence electrons. The van der Waals surface area contributed by atoms with E-state index in [0.717, 1.165) is 0 Å². The second-order valence-corrected chi connectivity index (χ2v) is 5.62. The van der Waals surface area contributed by atoms with Crippen molar-refractivity contribution in [1.82, 2.24) is 16.2 Å². The molecule has 0 aliphatic heterocycles. The Morgan fingerprint density at radius 2 is 1.87 bits per heavy atom. The van der Waals surface area contributed by atoms with Gasteiger partial charge in [0.15, 0.2) is 5.11 Å². The SMILES string of the molecule is O=C(/C=C/c1ccc(F)cc1)NC(=S)NNC(=O)c1cccs1. The Balaban J connectivity index is 1.77. The molecule has 0 aliphatic rings. The van der Waals surface area contributed by atoms with Gasteiger partial charge in [0.1, 0.15) is 5.82 Å². The highest BCUT2D eigenvalue weighted by Gasteiger charge is 2.07. The molecule has 0 aliphatic carbocycles. The fourth-order valence-corrected chi connectivity index (χ4v) is 2.28. The summed E-state index contributed by atoms with van der Waals surface area (Å²) in [7, 11) is 0. The number of hydrazine groups is 1. The smallest absolute Gasteiger partial charge is 0.279 e. The molecule has 0 unspecified atom stereocenters. The van der Waals surface area contributed by atoms with Gasteiger partial charge in [-0.3, -0.25) is 25.8 Å². The molecule has 0 saturated heterocycles. The highest BCUT2D eigenvalue weighted by molar-refractivity contribution is 7.80. The van der Waals surface area contributed by atoms with Crippen molar-refractivity contribution >= 4 is 46.6 Å². The lowest BCUT2D eigenvalue weighted by molar-refractivity contribution is -0.115. The van der Waals surface area contributed by atoms with Gasteiger partial charge >= 0.3 is 0 Å². The molecule has 2 rings (SSSR count). The molecule has 3 N–H and O–H groups in total. The van der Waals surface area contributed by atoms with E-state index in [1.54, 1.807) is 17.5 Å². The molecule has 1 aromatic carbocycles. The average molecular weight is 349 g/mol. The molecule has 2 aromatic rings. The highest BCUT2D eigenvalue weighted by Crippen LogP contribution is 2.07. The van der Waals surface area contributed by atoms with E-state index in [9.17, 15) is 14.0 Å². The Morgan fingerprint density at radius 3 is 2.52 bits per heavy atom. The predicted octanol–water partition coefficient (Wildman–Crippen LogP) is 2.24.